The second-order valence-electron chi connectivity index (χ2n) is 9.54. The van der Waals surface area contributed by atoms with Crippen LogP contribution in [0.5, 0.6) is 0 Å². The monoisotopic (exact) mass is 487 g/mol. The molecule has 1 heterocycles. The molecular formula is C24H33N5O6. The van der Waals surface area contributed by atoms with E-state index >= 15 is 0 Å². The number of amides is 3. The second-order valence-corrected chi connectivity index (χ2v) is 9.54. The summed E-state index contributed by atoms with van der Waals surface area (Å²) < 4.78 is 5.10. The van der Waals surface area contributed by atoms with E-state index in [4.69, 9.17) is 10.5 Å². The maximum Gasteiger partial charge on any atom is 0.407 e. The number of hydrogen-bond donors (Lipinski definition) is 5. The van der Waals surface area contributed by atoms with Crippen molar-refractivity contribution in [1.82, 2.24) is 10.6 Å². The number of ether oxygens (including phenoxy) is 1. The molecule has 1 aliphatic rings. The molecule has 0 fully saturated rings. The Bertz CT molecular complexity index is 1010. The number of anilines is 1. The van der Waals surface area contributed by atoms with Crippen LogP contribution in [0.3, 0.4) is 0 Å². The van der Waals surface area contributed by atoms with E-state index in [9.17, 15) is 24.3 Å². The minimum absolute atomic E-state index is 0.0143. The number of hydrogen-bond acceptors (Lipinski definition) is 6. The standard InChI is InChI=1S/C24H33N5O6/c1-5-26-22(25)29-19(30)9-8-16-12-15-7-6-14(10-17(15)27-20(16)31)11-18(21(32)33)28-23(34)35-13-24(2,3)4/h5-7,10,16,18H,1,8-9,11-13H2,2-4H3,(H,27,31)(H,28,34)(H,32,33)(H3,25,26,29,30)/t16-,18?/m0/s1. The van der Waals surface area contributed by atoms with Gasteiger partial charge in [-0.25, -0.2) is 14.6 Å². The molecule has 1 aromatic rings. The number of rotatable bonds is 9. The summed E-state index contributed by atoms with van der Waals surface area (Å²) >= 11 is 0. The first-order chi connectivity index (χ1) is 16.4. The van der Waals surface area contributed by atoms with Crippen LogP contribution >= 0.6 is 0 Å². The van der Waals surface area contributed by atoms with Crippen molar-refractivity contribution in [2.24, 2.45) is 22.1 Å². The van der Waals surface area contributed by atoms with E-state index in [1.807, 2.05) is 26.8 Å². The molecule has 3 amide bonds. The van der Waals surface area contributed by atoms with Gasteiger partial charge in [0.15, 0.2) is 5.96 Å². The Morgan fingerprint density at radius 3 is 2.71 bits per heavy atom. The molecule has 2 atom stereocenters. The summed E-state index contributed by atoms with van der Waals surface area (Å²) in [6, 6.07) is 4.07. The van der Waals surface area contributed by atoms with Crippen LogP contribution in [-0.2, 0) is 32.0 Å². The van der Waals surface area contributed by atoms with Crippen molar-refractivity contribution in [2.75, 3.05) is 11.9 Å². The highest BCUT2D eigenvalue weighted by Gasteiger charge is 2.28. The van der Waals surface area contributed by atoms with E-state index in [1.165, 1.54) is 6.20 Å². The Morgan fingerprint density at radius 1 is 1.37 bits per heavy atom. The summed E-state index contributed by atoms with van der Waals surface area (Å²) in [7, 11) is 0. The van der Waals surface area contributed by atoms with Gasteiger partial charge in [-0.15, -0.1) is 0 Å². The molecule has 0 radical (unpaired) electrons. The average molecular weight is 488 g/mol. The minimum atomic E-state index is -1.20. The van der Waals surface area contributed by atoms with Crippen LogP contribution in [0.15, 0.2) is 36.0 Å². The normalized spacial score (nSPS) is 16.4. The molecule has 35 heavy (non-hydrogen) atoms. The van der Waals surface area contributed by atoms with Crippen LogP contribution < -0.4 is 21.7 Å². The number of guanidine groups is 1. The van der Waals surface area contributed by atoms with Gasteiger partial charge in [-0.2, -0.15) is 0 Å². The summed E-state index contributed by atoms with van der Waals surface area (Å²) in [6.45, 7) is 9.22. The smallest absolute Gasteiger partial charge is 0.407 e. The van der Waals surface area contributed by atoms with Crippen LogP contribution in [0.25, 0.3) is 0 Å². The van der Waals surface area contributed by atoms with Crippen LogP contribution in [0.2, 0.25) is 0 Å². The van der Waals surface area contributed by atoms with Gasteiger partial charge in [-0.3, -0.25) is 14.9 Å². The van der Waals surface area contributed by atoms with Crippen molar-refractivity contribution < 1.29 is 29.0 Å². The van der Waals surface area contributed by atoms with Gasteiger partial charge in [-0.05, 0) is 35.4 Å². The van der Waals surface area contributed by atoms with Crippen molar-refractivity contribution in [2.45, 2.75) is 52.5 Å². The number of aliphatic carboxylic acids is 1. The lowest BCUT2D eigenvalue weighted by molar-refractivity contribution is -0.139. The predicted octanol–water partition coefficient (Wildman–Crippen LogP) is 1.92. The molecule has 2 rings (SSSR count). The van der Waals surface area contributed by atoms with E-state index in [0.29, 0.717) is 24.1 Å². The number of nitrogens with two attached hydrogens (primary N) is 1. The highest BCUT2D eigenvalue weighted by atomic mass is 16.5. The highest BCUT2D eigenvalue weighted by Crippen LogP contribution is 2.29. The third kappa shape index (κ3) is 9.11. The van der Waals surface area contributed by atoms with Crippen molar-refractivity contribution in [1.29, 1.82) is 0 Å². The van der Waals surface area contributed by atoms with Gasteiger partial charge >= 0.3 is 12.1 Å². The first-order valence-electron chi connectivity index (χ1n) is 11.2. The molecule has 0 bridgehead atoms. The van der Waals surface area contributed by atoms with Gasteiger partial charge in [0, 0.05) is 30.6 Å². The number of carbonyl (C=O) groups is 4. The van der Waals surface area contributed by atoms with Gasteiger partial charge in [0.25, 0.3) is 0 Å². The number of aliphatic imine (C=N–C) groups is 1. The lowest BCUT2D eigenvalue weighted by atomic mass is 9.88. The number of nitrogens with one attached hydrogen (secondary N) is 3. The lowest BCUT2D eigenvalue weighted by Crippen LogP contribution is -2.43. The first kappa shape index (κ1) is 27.4. The van der Waals surface area contributed by atoms with Gasteiger partial charge in [0.1, 0.15) is 6.04 Å². The highest BCUT2D eigenvalue weighted by molar-refractivity contribution is 5.98. The van der Waals surface area contributed by atoms with Crippen LogP contribution in [0, 0.1) is 11.3 Å². The van der Waals surface area contributed by atoms with Crippen molar-refractivity contribution >= 4 is 35.5 Å². The maximum atomic E-state index is 12.6. The molecule has 190 valence electrons. The fourth-order valence-electron chi connectivity index (χ4n) is 3.41. The molecule has 0 saturated carbocycles. The molecule has 11 nitrogen and oxygen atoms in total. The first-order valence-corrected chi connectivity index (χ1v) is 11.2. The topological polar surface area (TPSA) is 172 Å². The number of benzene rings is 1. The zero-order valence-corrected chi connectivity index (χ0v) is 20.2. The molecular weight excluding hydrogens is 454 g/mol. The van der Waals surface area contributed by atoms with Crippen molar-refractivity contribution in [3.63, 3.8) is 0 Å². The molecule has 0 aromatic heterocycles. The van der Waals surface area contributed by atoms with Gasteiger partial charge in [-0.1, -0.05) is 39.5 Å². The second kappa shape index (κ2) is 12.0. The van der Waals surface area contributed by atoms with Crippen LogP contribution in [-0.4, -0.2) is 47.6 Å². The molecule has 1 aliphatic heterocycles. The Balaban J connectivity index is 1.98. The Morgan fingerprint density at radius 2 is 2.09 bits per heavy atom. The zero-order valence-electron chi connectivity index (χ0n) is 20.2. The number of alkyl carbamates (subject to hydrolysis) is 1. The Labute approximate surface area is 204 Å². The fraction of sp³-hybridized carbons (Fsp3) is 0.458. The van der Waals surface area contributed by atoms with Gasteiger partial charge in [0.2, 0.25) is 11.8 Å². The molecule has 1 aromatic carbocycles. The largest absolute Gasteiger partial charge is 0.480 e. The third-order valence-corrected chi connectivity index (χ3v) is 5.15. The van der Waals surface area contributed by atoms with Gasteiger partial charge < -0.3 is 26.2 Å². The number of nitrogens with zero attached hydrogens (tertiary/aromatic N) is 1. The Hall–Kier alpha value is -3.89. The van der Waals surface area contributed by atoms with E-state index in [2.05, 4.69) is 27.5 Å². The number of carboxylic acid groups (broad SMARTS) is 1. The molecule has 11 heteroatoms. The van der Waals surface area contributed by atoms with E-state index in [0.717, 1.165) is 5.56 Å². The van der Waals surface area contributed by atoms with Crippen LogP contribution in [0.4, 0.5) is 10.5 Å². The summed E-state index contributed by atoms with van der Waals surface area (Å²) in [4.78, 5) is 51.9. The van der Waals surface area contributed by atoms with Gasteiger partial charge in [0.05, 0.1) is 6.61 Å². The molecule has 0 saturated heterocycles. The average Bonchev–Trinajstić information content (AvgIpc) is 2.75. The SMILES string of the molecule is C=CN=C(N)NC(=O)CC[C@H]1Cc2ccc(CC(NC(=O)OCC(C)(C)C)C(=O)O)cc2NC1=O. The number of fused-ring (bicyclic) bond motifs is 1. The lowest BCUT2D eigenvalue weighted by Gasteiger charge is -2.25. The van der Waals surface area contributed by atoms with Crippen molar-refractivity contribution in [3.8, 4) is 0 Å². The summed E-state index contributed by atoms with van der Waals surface area (Å²) in [5.74, 6) is -2.24. The number of carbonyl (C=O) groups excluding carboxylic acids is 3. The minimum Gasteiger partial charge on any atom is -0.480 e. The van der Waals surface area contributed by atoms with Crippen LogP contribution in [0.1, 0.15) is 44.7 Å². The molecule has 1 unspecified atom stereocenters. The third-order valence-electron chi connectivity index (χ3n) is 5.15. The molecule has 6 N–H and O–H groups in total. The molecule has 0 spiro atoms. The zero-order chi connectivity index (χ0) is 26.2. The van der Waals surface area contributed by atoms with E-state index in [-0.39, 0.29) is 42.6 Å². The summed E-state index contributed by atoms with van der Waals surface area (Å²) in [5, 5.41) is 17.1. The summed E-state index contributed by atoms with van der Waals surface area (Å²) in [6.07, 6.45) is 1.27. The van der Waals surface area contributed by atoms with E-state index < -0.39 is 24.0 Å². The van der Waals surface area contributed by atoms with Crippen molar-refractivity contribution in [3.05, 3.63) is 42.1 Å². The number of carboxylic acids is 1. The Kier molecular flexibility index (Phi) is 9.38. The quantitative estimate of drug-likeness (QED) is 0.261. The maximum absolute atomic E-state index is 12.6. The predicted molar refractivity (Wildman–Crippen MR) is 131 cm³/mol. The summed E-state index contributed by atoms with van der Waals surface area (Å²) in [5.41, 5.74) is 7.34. The fourth-order valence-corrected chi connectivity index (χ4v) is 3.41. The van der Waals surface area contributed by atoms with E-state index in [1.54, 1.807) is 12.1 Å². The molecule has 0 aliphatic carbocycles.